The van der Waals surface area contributed by atoms with E-state index in [-0.39, 0.29) is 0 Å². The van der Waals surface area contributed by atoms with Crippen LogP contribution in [0.25, 0.3) is 0 Å². The Balaban J connectivity index is 2.23. The van der Waals surface area contributed by atoms with Crippen molar-refractivity contribution in [2.75, 3.05) is 18.0 Å². The monoisotopic (exact) mass is 240 g/mol. The first-order valence-corrected chi connectivity index (χ1v) is 6.22. The summed E-state index contributed by atoms with van der Waals surface area (Å²) in [6, 6.07) is 0. The molecule has 1 aliphatic rings. The average molecular weight is 240 g/mol. The number of anilines is 1. The van der Waals surface area contributed by atoms with Gasteiger partial charge in [0.2, 0.25) is 0 Å². The quantitative estimate of drug-likeness (QED) is 0.840. The van der Waals surface area contributed by atoms with Crippen molar-refractivity contribution in [3.05, 3.63) is 5.69 Å². The van der Waals surface area contributed by atoms with Crippen molar-refractivity contribution in [2.24, 2.45) is 17.6 Å². The van der Waals surface area contributed by atoms with Gasteiger partial charge in [-0.25, -0.2) is 0 Å². The van der Waals surface area contributed by atoms with E-state index in [1.807, 2.05) is 0 Å². The van der Waals surface area contributed by atoms with Crippen molar-refractivity contribution in [1.29, 1.82) is 0 Å². The molecule has 6 heteroatoms. The molecule has 1 amide bonds. The SMILES string of the molecule is CC1CC(C)CN(c2snnc2C(N)=O)C1. The summed E-state index contributed by atoms with van der Waals surface area (Å²) in [6.45, 7) is 6.35. The largest absolute Gasteiger partial charge is 0.364 e. The molecule has 5 nitrogen and oxygen atoms in total. The van der Waals surface area contributed by atoms with Crippen LogP contribution in [0.1, 0.15) is 30.8 Å². The second-order valence-corrected chi connectivity index (χ2v) is 5.37. The molecule has 2 N–H and O–H groups in total. The van der Waals surface area contributed by atoms with Crippen LogP contribution in [0, 0.1) is 11.8 Å². The molecule has 1 aromatic rings. The van der Waals surface area contributed by atoms with Gasteiger partial charge in [0.1, 0.15) is 5.00 Å². The first-order chi connectivity index (χ1) is 7.58. The Morgan fingerprint density at radius 2 is 2.06 bits per heavy atom. The number of aromatic nitrogens is 2. The Hall–Kier alpha value is -1.17. The summed E-state index contributed by atoms with van der Waals surface area (Å²) in [7, 11) is 0. The lowest BCUT2D eigenvalue weighted by Gasteiger charge is -2.35. The number of rotatable bonds is 2. The van der Waals surface area contributed by atoms with Gasteiger partial charge < -0.3 is 10.6 Å². The van der Waals surface area contributed by atoms with E-state index in [1.165, 1.54) is 18.0 Å². The number of hydrogen-bond donors (Lipinski definition) is 1. The molecule has 0 radical (unpaired) electrons. The first-order valence-electron chi connectivity index (χ1n) is 5.45. The molecular weight excluding hydrogens is 224 g/mol. The van der Waals surface area contributed by atoms with Crippen LogP contribution in [0.15, 0.2) is 0 Å². The first kappa shape index (κ1) is 11.3. The van der Waals surface area contributed by atoms with Gasteiger partial charge in [-0.3, -0.25) is 4.79 Å². The number of nitrogens with zero attached hydrogens (tertiary/aromatic N) is 3. The number of carbonyl (C=O) groups is 1. The van der Waals surface area contributed by atoms with E-state index in [9.17, 15) is 4.79 Å². The van der Waals surface area contributed by atoms with Crippen LogP contribution >= 0.6 is 11.5 Å². The van der Waals surface area contributed by atoms with Crippen LogP contribution in [0.2, 0.25) is 0 Å². The van der Waals surface area contributed by atoms with Crippen molar-refractivity contribution in [3.8, 4) is 0 Å². The van der Waals surface area contributed by atoms with Gasteiger partial charge in [0.15, 0.2) is 5.69 Å². The van der Waals surface area contributed by atoms with Gasteiger partial charge in [-0.15, -0.1) is 5.10 Å². The maximum Gasteiger partial charge on any atom is 0.272 e. The smallest absolute Gasteiger partial charge is 0.272 e. The Bertz CT molecular complexity index is 382. The predicted molar refractivity (Wildman–Crippen MR) is 63.6 cm³/mol. The van der Waals surface area contributed by atoms with Gasteiger partial charge in [-0.05, 0) is 18.3 Å². The van der Waals surface area contributed by atoms with E-state index >= 15 is 0 Å². The number of hydrogen-bond acceptors (Lipinski definition) is 5. The molecule has 0 saturated carbocycles. The van der Waals surface area contributed by atoms with Crippen molar-refractivity contribution in [3.63, 3.8) is 0 Å². The van der Waals surface area contributed by atoms with Crippen LogP contribution in [-0.4, -0.2) is 28.6 Å². The summed E-state index contributed by atoms with van der Waals surface area (Å²) in [5.74, 6) is 0.771. The normalized spacial score (nSPS) is 25.8. The fraction of sp³-hybridized carbons (Fsp3) is 0.700. The molecule has 1 aromatic heterocycles. The lowest BCUT2D eigenvalue weighted by atomic mass is 9.92. The predicted octanol–water partition coefficient (Wildman–Crippen LogP) is 1.12. The van der Waals surface area contributed by atoms with Crippen molar-refractivity contribution in [2.45, 2.75) is 20.3 Å². The zero-order chi connectivity index (χ0) is 11.7. The number of amides is 1. The molecule has 1 aliphatic heterocycles. The number of carbonyl (C=O) groups excluding carboxylic acids is 1. The molecule has 88 valence electrons. The van der Waals surface area contributed by atoms with E-state index in [1.54, 1.807) is 0 Å². The average Bonchev–Trinajstić information content (AvgIpc) is 2.63. The number of nitrogens with two attached hydrogens (primary N) is 1. The molecule has 1 saturated heterocycles. The zero-order valence-electron chi connectivity index (χ0n) is 9.51. The standard InChI is InChI=1S/C10H16N4OS/c1-6-3-7(2)5-14(4-6)10-8(9(11)15)12-13-16-10/h6-7H,3-5H2,1-2H3,(H2,11,15). The highest BCUT2D eigenvalue weighted by Gasteiger charge is 2.26. The molecule has 0 spiro atoms. The third kappa shape index (κ3) is 2.16. The highest BCUT2D eigenvalue weighted by atomic mass is 32.1. The van der Waals surface area contributed by atoms with Gasteiger partial charge in [-0.2, -0.15) is 0 Å². The topological polar surface area (TPSA) is 72.1 Å². The second-order valence-electron chi connectivity index (χ2n) is 4.64. The lowest BCUT2D eigenvalue weighted by Crippen LogP contribution is -2.39. The summed E-state index contributed by atoms with van der Waals surface area (Å²) < 4.78 is 3.82. The summed E-state index contributed by atoms with van der Waals surface area (Å²) in [5, 5.41) is 4.62. The third-order valence-electron chi connectivity index (χ3n) is 2.86. The van der Waals surface area contributed by atoms with Gasteiger partial charge in [0.05, 0.1) is 0 Å². The molecular formula is C10H16N4OS. The molecule has 2 rings (SSSR count). The molecule has 1 fully saturated rings. The molecule has 2 atom stereocenters. The summed E-state index contributed by atoms with van der Waals surface area (Å²) >= 11 is 1.25. The molecule has 0 bridgehead atoms. The number of piperidine rings is 1. The van der Waals surface area contributed by atoms with E-state index in [0.29, 0.717) is 17.5 Å². The Kier molecular flexibility index (Phi) is 3.09. The van der Waals surface area contributed by atoms with Gasteiger partial charge in [0.25, 0.3) is 5.91 Å². The highest BCUT2D eigenvalue weighted by molar-refractivity contribution is 7.10. The summed E-state index contributed by atoms with van der Waals surface area (Å²) in [4.78, 5) is 13.4. The van der Waals surface area contributed by atoms with Crippen LogP contribution < -0.4 is 10.6 Å². The van der Waals surface area contributed by atoms with E-state index < -0.39 is 5.91 Å². The van der Waals surface area contributed by atoms with Crippen LogP contribution in [0.4, 0.5) is 5.00 Å². The lowest BCUT2D eigenvalue weighted by molar-refractivity contribution is 0.0996. The summed E-state index contributed by atoms with van der Waals surface area (Å²) in [5.41, 5.74) is 5.58. The highest BCUT2D eigenvalue weighted by Crippen LogP contribution is 2.30. The minimum absolute atomic E-state index is 0.311. The van der Waals surface area contributed by atoms with E-state index in [2.05, 4.69) is 28.3 Å². The fourth-order valence-corrected chi connectivity index (χ4v) is 3.07. The van der Waals surface area contributed by atoms with Crippen LogP contribution in [0.3, 0.4) is 0 Å². The fourth-order valence-electron chi connectivity index (χ4n) is 2.38. The van der Waals surface area contributed by atoms with E-state index in [0.717, 1.165) is 18.1 Å². The Morgan fingerprint density at radius 3 is 2.62 bits per heavy atom. The Morgan fingerprint density at radius 1 is 1.44 bits per heavy atom. The minimum Gasteiger partial charge on any atom is -0.364 e. The zero-order valence-corrected chi connectivity index (χ0v) is 10.3. The number of primary amides is 1. The minimum atomic E-state index is -0.491. The van der Waals surface area contributed by atoms with Gasteiger partial charge >= 0.3 is 0 Å². The van der Waals surface area contributed by atoms with Crippen LogP contribution in [-0.2, 0) is 0 Å². The van der Waals surface area contributed by atoms with Gasteiger partial charge in [-0.1, -0.05) is 18.3 Å². The molecule has 0 aromatic carbocycles. The Labute approximate surface area is 98.8 Å². The van der Waals surface area contributed by atoms with Crippen LogP contribution in [0.5, 0.6) is 0 Å². The second kappa shape index (κ2) is 4.37. The third-order valence-corrected chi connectivity index (χ3v) is 3.65. The maximum absolute atomic E-state index is 11.2. The molecule has 2 unspecified atom stereocenters. The van der Waals surface area contributed by atoms with Crippen molar-refractivity contribution >= 4 is 22.4 Å². The summed E-state index contributed by atoms with van der Waals surface area (Å²) in [6.07, 6.45) is 1.23. The molecule has 16 heavy (non-hydrogen) atoms. The molecule has 2 heterocycles. The van der Waals surface area contributed by atoms with Gasteiger partial charge in [0, 0.05) is 24.6 Å². The maximum atomic E-state index is 11.2. The van der Waals surface area contributed by atoms with Crippen molar-refractivity contribution < 1.29 is 4.79 Å². The molecule has 0 aliphatic carbocycles. The van der Waals surface area contributed by atoms with E-state index in [4.69, 9.17) is 5.73 Å². The van der Waals surface area contributed by atoms with Crippen molar-refractivity contribution in [1.82, 2.24) is 9.59 Å².